The lowest BCUT2D eigenvalue weighted by molar-refractivity contribution is 1.06. The second kappa shape index (κ2) is 4.76. The van der Waals surface area contributed by atoms with E-state index in [1.165, 1.54) is 25.2 Å². The summed E-state index contributed by atoms with van der Waals surface area (Å²) in [7, 11) is 0. The van der Waals surface area contributed by atoms with Gasteiger partial charge in [-0.15, -0.1) is 12.2 Å². The van der Waals surface area contributed by atoms with Crippen LogP contribution in [0.5, 0.6) is 0 Å². The van der Waals surface area contributed by atoms with Gasteiger partial charge < -0.3 is 0 Å². The molecular formula is C6H15PS2. The van der Waals surface area contributed by atoms with Gasteiger partial charge in [0.25, 0.3) is 0 Å². The van der Waals surface area contributed by atoms with E-state index in [0.29, 0.717) is 0 Å². The lowest BCUT2D eigenvalue weighted by atomic mass is 10.6. The maximum atomic E-state index is 5.32. The van der Waals surface area contributed by atoms with Crippen LogP contribution >= 0.6 is 17.5 Å². The molecule has 0 rings (SSSR count). The number of hydrogen-bond donors (Lipinski definition) is 1. The van der Waals surface area contributed by atoms with Crippen molar-refractivity contribution in [2.45, 2.75) is 26.7 Å². The van der Waals surface area contributed by atoms with Crippen LogP contribution in [-0.4, -0.2) is 12.3 Å². The first-order chi connectivity index (χ1) is 4.12. The molecule has 0 aliphatic heterocycles. The van der Waals surface area contributed by atoms with Gasteiger partial charge >= 0.3 is 0 Å². The van der Waals surface area contributed by atoms with E-state index in [-0.39, 0.29) is 0 Å². The standard InChI is InChI=1S/C6H15PS2/c1-3-5-7(8,9)6-4-2/h3-6H2,1-2H3,(H,8,9). The van der Waals surface area contributed by atoms with Crippen LogP contribution in [0.2, 0.25) is 0 Å². The third-order valence-corrected chi connectivity index (χ3v) is 5.73. The monoisotopic (exact) mass is 182 g/mol. The molecular weight excluding hydrogens is 167 g/mol. The minimum atomic E-state index is -1.16. The maximum Gasteiger partial charge on any atom is 0.00341 e. The summed E-state index contributed by atoms with van der Waals surface area (Å²) in [4.78, 5) is 0. The first-order valence-electron chi connectivity index (χ1n) is 3.43. The van der Waals surface area contributed by atoms with E-state index in [9.17, 15) is 0 Å². The van der Waals surface area contributed by atoms with Crippen molar-refractivity contribution in [3.05, 3.63) is 0 Å². The van der Waals surface area contributed by atoms with E-state index in [1.807, 2.05) is 0 Å². The van der Waals surface area contributed by atoms with Gasteiger partial charge in [0.05, 0.1) is 0 Å². The Labute approximate surface area is 68.6 Å². The molecule has 0 radical (unpaired) electrons. The first-order valence-corrected chi connectivity index (χ1v) is 7.75. The molecule has 0 unspecified atom stereocenters. The Balaban J connectivity index is 3.58. The van der Waals surface area contributed by atoms with Crippen molar-refractivity contribution < 1.29 is 0 Å². The van der Waals surface area contributed by atoms with Crippen molar-refractivity contribution in [1.82, 2.24) is 0 Å². The zero-order chi connectivity index (χ0) is 7.33. The fraction of sp³-hybridized carbons (Fsp3) is 1.00. The molecule has 0 aromatic heterocycles. The molecule has 0 saturated heterocycles. The Bertz CT molecular complexity index is 102. The molecule has 0 fully saturated rings. The SMILES string of the molecule is CCCP(=S)(S)CCC. The van der Waals surface area contributed by atoms with E-state index in [4.69, 9.17) is 11.8 Å². The van der Waals surface area contributed by atoms with Gasteiger partial charge in [-0.25, -0.2) is 0 Å². The highest BCUT2D eigenvalue weighted by atomic mass is 32.9. The van der Waals surface area contributed by atoms with Gasteiger partial charge in [0.15, 0.2) is 0 Å². The Morgan fingerprint density at radius 1 is 1.22 bits per heavy atom. The fourth-order valence-corrected chi connectivity index (χ4v) is 4.73. The Hall–Kier alpha value is 1.00. The second-order valence-electron chi connectivity index (χ2n) is 2.29. The predicted molar refractivity (Wildman–Crippen MR) is 53.6 cm³/mol. The van der Waals surface area contributed by atoms with Gasteiger partial charge in [-0.05, 0) is 12.3 Å². The molecule has 0 N–H and O–H groups in total. The van der Waals surface area contributed by atoms with E-state index < -0.39 is 5.24 Å². The molecule has 0 amide bonds. The van der Waals surface area contributed by atoms with Crippen LogP contribution in [0.3, 0.4) is 0 Å². The van der Waals surface area contributed by atoms with Crippen LogP contribution in [0.15, 0.2) is 0 Å². The highest BCUT2D eigenvalue weighted by Gasteiger charge is 2.06. The fourth-order valence-electron chi connectivity index (χ4n) is 0.811. The summed E-state index contributed by atoms with van der Waals surface area (Å²) >= 11 is 9.79. The van der Waals surface area contributed by atoms with Gasteiger partial charge in [-0.3, -0.25) is 0 Å². The number of thiol groups is 1. The zero-order valence-corrected chi connectivity index (χ0v) is 8.74. The van der Waals surface area contributed by atoms with Crippen molar-refractivity contribution in [3.63, 3.8) is 0 Å². The summed E-state index contributed by atoms with van der Waals surface area (Å²) in [6.07, 6.45) is 4.72. The summed E-state index contributed by atoms with van der Waals surface area (Å²) in [6, 6.07) is 0. The molecule has 0 spiro atoms. The quantitative estimate of drug-likeness (QED) is 0.515. The van der Waals surface area contributed by atoms with Crippen LogP contribution in [0, 0.1) is 0 Å². The molecule has 0 bridgehead atoms. The smallest absolute Gasteiger partial charge is 0.00341 e. The van der Waals surface area contributed by atoms with E-state index >= 15 is 0 Å². The third-order valence-electron chi connectivity index (χ3n) is 1.15. The van der Waals surface area contributed by atoms with Crippen molar-refractivity contribution in [1.29, 1.82) is 0 Å². The molecule has 0 aliphatic rings. The van der Waals surface area contributed by atoms with Crippen LogP contribution in [0.4, 0.5) is 0 Å². The Morgan fingerprint density at radius 3 is 1.78 bits per heavy atom. The summed E-state index contributed by atoms with van der Waals surface area (Å²) in [5.74, 6) is 0. The van der Waals surface area contributed by atoms with E-state index in [0.717, 1.165) is 0 Å². The molecule has 56 valence electrons. The van der Waals surface area contributed by atoms with Crippen LogP contribution in [0.25, 0.3) is 0 Å². The highest BCUT2D eigenvalue weighted by molar-refractivity contribution is 8.63. The third kappa shape index (κ3) is 5.44. The minimum Gasteiger partial charge on any atom is -0.141 e. The lowest BCUT2D eigenvalue weighted by Crippen LogP contribution is -1.85. The largest absolute Gasteiger partial charge is 0.141 e. The van der Waals surface area contributed by atoms with Gasteiger partial charge in [-0.1, -0.05) is 38.5 Å². The van der Waals surface area contributed by atoms with Crippen LogP contribution in [0.1, 0.15) is 26.7 Å². The van der Waals surface area contributed by atoms with Crippen LogP contribution in [-0.2, 0) is 11.8 Å². The van der Waals surface area contributed by atoms with Crippen LogP contribution < -0.4 is 0 Å². The predicted octanol–water partition coefficient (Wildman–Crippen LogP) is 3.13. The first kappa shape index (κ1) is 10.0. The molecule has 0 atom stereocenters. The zero-order valence-electron chi connectivity index (χ0n) is 6.13. The molecule has 3 heteroatoms. The highest BCUT2D eigenvalue weighted by Crippen LogP contribution is 2.51. The Kier molecular flexibility index (Phi) is 5.29. The number of hydrogen-bond acceptors (Lipinski definition) is 1. The van der Waals surface area contributed by atoms with Gasteiger partial charge in [0.2, 0.25) is 0 Å². The average molecular weight is 182 g/mol. The van der Waals surface area contributed by atoms with Gasteiger partial charge in [0, 0.05) is 5.24 Å². The summed E-state index contributed by atoms with van der Waals surface area (Å²) in [5, 5.41) is -1.16. The lowest BCUT2D eigenvalue weighted by Gasteiger charge is -2.11. The second-order valence-corrected chi connectivity index (χ2v) is 10.1. The minimum absolute atomic E-state index is 1.16. The molecule has 9 heavy (non-hydrogen) atoms. The van der Waals surface area contributed by atoms with Crippen molar-refractivity contribution in [2.24, 2.45) is 0 Å². The van der Waals surface area contributed by atoms with E-state index in [2.05, 4.69) is 26.1 Å². The maximum absolute atomic E-state index is 5.32. The summed E-state index contributed by atoms with van der Waals surface area (Å²) in [5.41, 5.74) is 0. The molecule has 0 aliphatic carbocycles. The Morgan fingerprint density at radius 2 is 1.56 bits per heavy atom. The van der Waals surface area contributed by atoms with E-state index in [1.54, 1.807) is 0 Å². The molecule has 0 aromatic carbocycles. The topological polar surface area (TPSA) is 0 Å². The molecule has 0 saturated carbocycles. The molecule has 0 aromatic rings. The van der Waals surface area contributed by atoms with Gasteiger partial charge in [-0.2, -0.15) is 0 Å². The number of rotatable bonds is 4. The summed E-state index contributed by atoms with van der Waals surface area (Å²) in [6.45, 7) is 4.35. The molecule has 0 heterocycles. The van der Waals surface area contributed by atoms with Gasteiger partial charge in [0.1, 0.15) is 0 Å². The van der Waals surface area contributed by atoms with Crippen molar-refractivity contribution in [2.75, 3.05) is 12.3 Å². The average Bonchev–Trinajstić information content (AvgIpc) is 1.64. The van der Waals surface area contributed by atoms with Crippen molar-refractivity contribution in [3.8, 4) is 0 Å². The molecule has 0 nitrogen and oxygen atoms in total. The summed E-state index contributed by atoms with van der Waals surface area (Å²) < 4.78 is 0. The van der Waals surface area contributed by atoms with Crippen molar-refractivity contribution >= 4 is 29.3 Å². The normalized spacial score (nSPS) is 11.9.